The Morgan fingerprint density at radius 3 is 2.41 bits per heavy atom. The van der Waals surface area contributed by atoms with Crippen LogP contribution in [0.5, 0.6) is 0 Å². The molecule has 162 valence electrons. The topological polar surface area (TPSA) is 20.2 Å². The minimum absolute atomic E-state index is 0.116. The van der Waals surface area contributed by atoms with E-state index >= 15 is 0 Å². The number of fused-ring (bicyclic) bond motifs is 5. The van der Waals surface area contributed by atoms with Gasteiger partial charge in [0.05, 0.1) is 6.10 Å². The van der Waals surface area contributed by atoms with Gasteiger partial charge in [0.1, 0.15) is 0 Å². The van der Waals surface area contributed by atoms with Gasteiger partial charge in [-0.05, 0) is 91.3 Å². The van der Waals surface area contributed by atoms with Gasteiger partial charge < -0.3 is 5.11 Å². The fourth-order valence-electron chi connectivity index (χ4n) is 7.59. The van der Waals surface area contributed by atoms with Crippen LogP contribution in [0.25, 0.3) is 0 Å². The van der Waals surface area contributed by atoms with E-state index in [0.717, 1.165) is 36.5 Å². The van der Waals surface area contributed by atoms with Gasteiger partial charge in [-0.25, -0.2) is 0 Å². The highest BCUT2D eigenvalue weighted by molar-refractivity contribution is 5.39. The zero-order valence-corrected chi connectivity index (χ0v) is 19.7. The van der Waals surface area contributed by atoms with Gasteiger partial charge in [-0.15, -0.1) is 0 Å². The summed E-state index contributed by atoms with van der Waals surface area (Å²) in [6.45, 7) is 14.6. The van der Waals surface area contributed by atoms with Crippen LogP contribution in [0, 0.1) is 46.3 Å². The zero-order valence-electron chi connectivity index (χ0n) is 19.7. The van der Waals surface area contributed by atoms with E-state index in [4.69, 9.17) is 0 Å². The Morgan fingerprint density at radius 2 is 1.69 bits per heavy atom. The van der Waals surface area contributed by atoms with Crippen molar-refractivity contribution in [1.29, 1.82) is 0 Å². The van der Waals surface area contributed by atoms with Crippen LogP contribution in [0.4, 0.5) is 0 Å². The van der Waals surface area contributed by atoms with Gasteiger partial charge in [-0.3, -0.25) is 0 Å². The fourth-order valence-corrected chi connectivity index (χ4v) is 7.59. The highest BCUT2D eigenvalue weighted by Gasteiger charge is 2.56. The molecule has 3 fully saturated rings. The Bertz CT molecular complexity index is 712. The molecule has 1 nitrogen and oxygen atoms in total. The first-order chi connectivity index (χ1) is 13.7. The second-order valence-electron chi connectivity index (χ2n) is 11.9. The number of aliphatic hydroxyl groups excluding tert-OH is 1. The molecule has 4 rings (SSSR count). The van der Waals surface area contributed by atoms with Gasteiger partial charge in [-0.2, -0.15) is 0 Å². The largest absolute Gasteiger partial charge is 0.393 e. The minimum Gasteiger partial charge on any atom is -0.393 e. The van der Waals surface area contributed by atoms with Crippen molar-refractivity contribution in [3.8, 4) is 0 Å². The third kappa shape index (κ3) is 3.50. The normalized spacial score (nSPS) is 44.0. The standard InChI is InChI=1S/C28H44O/c1-18(2)19(3)7-8-20(4)24-11-12-25-23-10-9-21-17-22(29)13-15-27(21,5)26(23)14-16-28(24,25)6/h7-10,18-20,22,24-26,29H,11-17H2,1-6H3/b8-7+/t19-,20-,22+,24?,25+,26+,27+,28-/m1/s1. The predicted molar refractivity (Wildman–Crippen MR) is 123 cm³/mol. The summed E-state index contributed by atoms with van der Waals surface area (Å²) in [5, 5.41) is 10.2. The number of rotatable bonds is 4. The Kier molecular flexibility index (Phi) is 5.69. The van der Waals surface area contributed by atoms with Gasteiger partial charge in [-0.1, -0.05) is 77.0 Å². The summed E-state index contributed by atoms with van der Waals surface area (Å²) in [5.41, 5.74) is 4.07. The maximum Gasteiger partial charge on any atom is 0.0578 e. The molecule has 8 atom stereocenters. The molecule has 3 saturated carbocycles. The van der Waals surface area contributed by atoms with Crippen LogP contribution in [0.15, 0.2) is 35.5 Å². The Labute approximate surface area is 179 Å². The maximum atomic E-state index is 10.2. The molecule has 0 bridgehead atoms. The van der Waals surface area contributed by atoms with E-state index in [9.17, 15) is 5.11 Å². The van der Waals surface area contributed by atoms with Crippen LogP contribution in [-0.2, 0) is 0 Å². The molecule has 0 spiro atoms. The van der Waals surface area contributed by atoms with E-state index in [1.807, 2.05) is 0 Å². The summed E-state index contributed by atoms with van der Waals surface area (Å²) in [6.07, 6.45) is 18.4. The number of hydrogen-bond donors (Lipinski definition) is 1. The molecule has 0 heterocycles. The molecule has 0 aromatic carbocycles. The van der Waals surface area contributed by atoms with Crippen molar-refractivity contribution in [1.82, 2.24) is 0 Å². The van der Waals surface area contributed by atoms with E-state index in [1.165, 1.54) is 37.7 Å². The lowest BCUT2D eigenvalue weighted by Gasteiger charge is -2.55. The van der Waals surface area contributed by atoms with Gasteiger partial charge >= 0.3 is 0 Å². The third-order valence-electron chi connectivity index (χ3n) is 10.0. The lowest BCUT2D eigenvalue weighted by atomic mass is 9.50. The molecule has 0 aromatic rings. The summed E-state index contributed by atoms with van der Waals surface area (Å²) in [7, 11) is 0. The highest BCUT2D eigenvalue weighted by atomic mass is 16.3. The fraction of sp³-hybridized carbons (Fsp3) is 0.786. The first-order valence-corrected chi connectivity index (χ1v) is 12.4. The average Bonchev–Trinajstić information content (AvgIpc) is 3.03. The number of allylic oxidation sites excluding steroid dienone is 5. The number of hydrogen-bond acceptors (Lipinski definition) is 1. The first kappa shape index (κ1) is 21.4. The van der Waals surface area contributed by atoms with Gasteiger partial charge in [0.25, 0.3) is 0 Å². The molecule has 4 aliphatic carbocycles. The van der Waals surface area contributed by atoms with Crippen LogP contribution >= 0.6 is 0 Å². The predicted octanol–water partition coefficient (Wildman–Crippen LogP) is 7.33. The molecule has 4 aliphatic rings. The molecule has 1 heteroatoms. The summed E-state index contributed by atoms with van der Waals surface area (Å²) < 4.78 is 0. The molecular weight excluding hydrogens is 352 g/mol. The van der Waals surface area contributed by atoms with E-state index in [2.05, 4.69) is 65.8 Å². The Hall–Kier alpha value is -0.820. The van der Waals surface area contributed by atoms with E-state index in [1.54, 1.807) is 5.57 Å². The quantitative estimate of drug-likeness (QED) is 0.493. The smallest absolute Gasteiger partial charge is 0.0578 e. The van der Waals surface area contributed by atoms with E-state index in [-0.39, 0.29) is 6.10 Å². The van der Waals surface area contributed by atoms with Crippen LogP contribution in [0.1, 0.15) is 86.5 Å². The Balaban J connectivity index is 1.57. The third-order valence-corrected chi connectivity index (χ3v) is 10.0. The monoisotopic (exact) mass is 396 g/mol. The second kappa shape index (κ2) is 7.70. The SMILES string of the molecule is CC(C)[C@H](C)/C=C/[C@@H](C)C1CC[C@H]2C3=CC=C4C[C@@H](O)CC[C@]4(C)[C@H]3CC[C@]12C. The van der Waals surface area contributed by atoms with Crippen LogP contribution < -0.4 is 0 Å². The molecule has 1 unspecified atom stereocenters. The van der Waals surface area contributed by atoms with Crippen molar-refractivity contribution in [2.75, 3.05) is 0 Å². The van der Waals surface area contributed by atoms with Crippen molar-refractivity contribution in [3.05, 3.63) is 35.5 Å². The maximum absolute atomic E-state index is 10.2. The molecule has 0 saturated heterocycles. The van der Waals surface area contributed by atoms with Crippen molar-refractivity contribution in [2.24, 2.45) is 46.3 Å². The summed E-state index contributed by atoms with van der Waals surface area (Å²) >= 11 is 0. The van der Waals surface area contributed by atoms with Crippen molar-refractivity contribution in [3.63, 3.8) is 0 Å². The molecular formula is C28H44O. The van der Waals surface area contributed by atoms with E-state index < -0.39 is 0 Å². The molecule has 0 aliphatic heterocycles. The van der Waals surface area contributed by atoms with Crippen molar-refractivity contribution < 1.29 is 5.11 Å². The zero-order chi connectivity index (χ0) is 21.0. The summed E-state index contributed by atoms with van der Waals surface area (Å²) in [6, 6.07) is 0. The average molecular weight is 397 g/mol. The van der Waals surface area contributed by atoms with Gasteiger partial charge in [0.15, 0.2) is 0 Å². The molecule has 1 N–H and O–H groups in total. The van der Waals surface area contributed by atoms with Gasteiger partial charge in [0, 0.05) is 0 Å². The van der Waals surface area contributed by atoms with Crippen molar-refractivity contribution in [2.45, 2.75) is 92.6 Å². The molecule has 29 heavy (non-hydrogen) atoms. The molecule has 0 aromatic heterocycles. The minimum atomic E-state index is -0.116. The van der Waals surface area contributed by atoms with E-state index in [0.29, 0.717) is 22.7 Å². The van der Waals surface area contributed by atoms with Gasteiger partial charge in [0.2, 0.25) is 0 Å². The summed E-state index contributed by atoms with van der Waals surface area (Å²) in [5.74, 6) is 4.38. The Morgan fingerprint density at radius 1 is 0.931 bits per heavy atom. The highest BCUT2D eigenvalue weighted by Crippen LogP contribution is 2.65. The second-order valence-corrected chi connectivity index (χ2v) is 11.9. The molecule has 0 radical (unpaired) electrons. The van der Waals surface area contributed by atoms with Crippen LogP contribution in [0.2, 0.25) is 0 Å². The first-order valence-electron chi connectivity index (χ1n) is 12.4. The lowest BCUT2D eigenvalue weighted by Crippen LogP contribution is -2.46. The lowest BCUT2D eigenvalue weighted by molar-refractivity contribution is 0.0382. The van der Waals surface area contributed by atoms with Crippen LogP contribution in [0.3, 0.4) is 0 Å². The summed E-state index contributed by atoms with van der Waals surface area (Å²) in [4.78, 5) is 0. The number of aliphatic hydroxyl groups is 1. The molecule has 0 amide bonds. The van der Waals surface area contributed by atoms with Crippen molar-refractivity contribution >= 4 is 0 Å². The van der Waals surface area contributed by atoms with Crippen LogP contribution in [-0.4, -0.2) is 11.2 Å².